The Morgan fingerprint density at radius 1 is 0.836 bits per heavy atom. The molecule has 3 aliphatic rings. The van der Waals surface area contributed by atoms with Crippen molar-refractivity contribution in [2.24, 2.45) is 41.4 Å². The summed E-state index contributed by atoms with van der Waals surface area (Å²) in [6.07, 6.45) is 17.4. The SMILES string of the molecule is CC(=O)O[C@@H]1[C@H](/C(C)=C\C=C\[C@@H](C)/C=C/CC(C)C)[C@@H](O)C(=O)[C@H]2CS(=O)(=O)CCN(CC3=C[C@H](O)[C@H](/C(C)=C/C=C/[C@H](C)/C=C/CC(C)C)[C@@H](O)C3=O)[C@H]12. The Balaban J connectivity index is 1.96. The molecule has 306 valence electrons. The van der Waals surface area contributed by atoms with E-state index >= 15 is 0 Å². The molecule has 2 fully saturated rings. The highest BCUT2D eigenvalue weighted by atomic mass is 32.2. The second kappa shape index (κ2) is 20.8. The highest BCUT2D eigenvalue weighted by Crippen LogP contribution is 2.40. The summed E-state index contributed by atoms with van der Waals surface area (Å²) in [5.74, 6) is -4.63. The number of carbonyl (C=O) groups is 3. The van der Waals surface area contributed by atoms with Gasteiger partial charge in [0.25, 0.3) is 0 Å². The molecule has 1 saturated carbocycles. The third kappa shape index (κ3) is 13.2. The number of sulfone groups is 1. The standard InChI is InChI=1S/C44H65NO9S/c1-27(2)14-10-16-29(5)18-12-20-31(7)37-36(47)24-34(40(48)42(37)50)25-45-22-23-55(52,53)26-35-39(45)44(54-33(9)46)38(43(51)41(35)49)32(8)21-13-19-30(6)17-11-15-28(3)4/h10-13,16-21,24,27-30,35-39,42-44,47,50-51H,14-15,22-23,25-26H2,1-9H3/b16-10+,17-11+,18-12+,19-13+,31-20+,32-21-/t29-,30+,35+,36+,37+,38-,39+,42-,43-,44-/m1/s1. The number of hydrogen-bond donors (Lipinski definition) is 3. The number of ketones is 2. The van der Waals surface area contributed by atoms with E-state index in [2.05, 4.69) is 58.9 Å². The smallest absolute Gasteiger partial charge is 0.302 e. The highest BCUT2D eigenvalue weighted by Gasteiger charge is 2.56. The molecule has 10 nitrogen and oxygen atoms in total. The summed E-state index contributed by atoms with van der Waals surface area (Å²) in [5.41, 5.74) is 1.24. The molecule has 55 heavy (non-hydrogen) atoms. The summed E-state index contributed by atoms with van der Waals surface area (Å²) in [5, 5.41) is 34.0. The molecule has 11 heteroatoms. The van der Waals surface area contributed by atoms with Gasteiger partial charge in [0.2, 0.25) is 0 Å². The van der Waals surface area contributed by atoms with E-state index in [1.807, 2.05) is 31.2 Å². The first-order chi connectivity index (χ1) is 25.7. The monoisotopic (exact) mass is 783 g/mol. The van der Waals surface area contributed by atoms with Crippen LogP contribution in [-0.2, 0) is 29.0 Å². The van der Waals surface area contributed by atoms with Crippen LogP contribution in [0.25, 0.3) is 0 Å². The highest BCUT2D eigenvalue weighted by molar-refractivity contribution is 7.91. The first kappa shape index (κ1) is 46.2. The molecule has 0 amide bonds. The van der Waals surface area contributed by atoms with Crippen LogP contribution in [0.1, 0.15) is 75.2 Å². The second-order valence-electron chi connectivity index (χ2n) is 16.6. The molecule has 10 atom stereocenters. The molecule has 0 spiro atoms. The number of hydrogen-bond acceptors (Lipinski definition) is 10. The van der Waals surface area contributed by atoms with Gasteiger partial charge in [0.05, 0.1) is 35.5 Å². The van der Waals surface area contributed by atoms with E-state index < -0.39 is 81.3 Å². The molecule has 1 aliphatic heterocycles. The lowest BCUT2D eigenvalue weighted by Crippen LogP contribution is -2.64. The van der Waals surface area contributed by atoms with Crippen molar-refractivity contribution < 1.29 is 42.9 Å². The number of allylic oxidation sites excluding steroid dienone is 10. The molecular formula is C44H65NO9S. The molecule has 1 heterocycles. The summed E-state index contributed by atoms with van der Waals surface area (Å²) in [4.78, 5) is 41.9. The Bertz CT molecular complexity index is 1680. The number of carbonyl (C=O) groups excluding carboxylic acids is 3. The predicted octanol–water partition coefficient (Wildman–Crippen LogP) is 5.52. The van der Waals surface area contributed by atoms with Gasteiger partial charge in [-0.2, -0.15) is 0 Å². The first-order valence-corrected chi connectivity index (χ1v) is 21.5. The number of fused-ring (bicyclic) bond motifs is 1. The van der Waals surface area contributed by atoms with Crippen LogP contribution in [0.2, 0.25) is 0 Å². The molecule has 0 aromatic carbocycles. The van der Waals surface area contributed by atoms with Crippen molar-refractivity contribution in [3.05, 3.63) is 83.6 Å². The van der Waals surface area contributed by atoms with Crippen LogP contribution < -0.4 is 0 Å². The van der Waals surface area contributed by atoms with Gasteiger partial charge in [-0.3, -0.25) is 19.3 Å². The minimum atomic E-state index is -3.79. The second-order valence-corrected chi connectivity index (χ2v) is 18.8. The zero-order valence-corrected chi connectivity index (χ0v) is 35.0. The minimum Gasteiger partial charge on any atom is -0.460 e. The topological polar surface area (TPSA) is 159 Å². The number of rotatable bonds is 15. The number of ether oxygens (including phenoxy) is 1. The normalized spacial score (nSPS) is 31.1. The van der Waals surface area contributed by atoms with Crippen LogP contribution >= 0.6 is 0 Å². The molecule has 0 radical (unpaired) electrons. The van der Waals surface area contributed by atoms with E-state index in [1.165, 1.54) is 13.0 Å². The fourth-order valence-corrected chi connectivity index (χ4v) is 9.25. The third-order valence-corrected chi connectivity index (χ3v) is 12.4. The molecule has 0 bridgehead atoms. The van der Waals surface area contributed by atoms with Crippen molar-refractivity contribution in [3.63, 3.8) is 0 Å². The Kier molecular flexibility index (Phi) is 17.5. The summed E-state index contributed by atoms with van der Waals surface area (Å²) in [6, 6.07) is -1.02. The maximum Gasteiger partial charge on any atom is 0.302 e. The molecular weight excluding hydrogens is 719 g/mol. The van der Waals surface area contributed by atoms with Gasteiger partial charge in [0.15, 0.2) is 21.4 Å². The Morgan fingerprint density at radius 2 is 1.36 bits per heavy atom. The molecule has 0 unspecified atom stereocenters. The molecule has 3 rings (SSSR count). The molecule has 3 N–H and O–H groups in total. The van der Waals surface area contributed by atoms with E-state index in [9.17, 15) is 38.1 Å². The lowest BCUT2D eigenvalue weighted by molar-refractivity contribution is -0.170. The zero-order valence-electron chi connectivity index (χ0n) is 34.2. The van der Waals surface area contributed by atoms with Crippen molar-refractivity contribution >= 4 is 27.4 Å². The summed E-state index contributed by atoms with van der Waals surface area (Å²) in [6.45, 7) is 17.1. The predicted molar refractivity (Wildman–Crippen MR) is 217 cm³/mol. The molecule has 2 aliphatic carbocycles. The van der Waals surface area contributed by atoms with E-state index in [0.29, 0.717) is 23.0 Å². The van der Waals surface area contributed by atoms with Gasteiger partial charge in [-0.1, -0.05) is 113 Å². The van der Waals surface area contributed by atoms with Crippen LogP contribution in [0.3, 0.4) is 0 Å². The van der Waals surface area contributed by atoms with Crippen molar-refractivity contribution in [3.8, 4) is 0 Å². The molecule has 0 aromatic heterocycles. The van der Waals surface area contributed by atoms with Crippen LogP contribution in [0.15, 0.2) is 83.6 Å². The number of aliphatic hydroxyl groups is 3. The average Bonchev–Trinajstić information content (AvgIpc) is 3.20. The maximum atomic E-state index is 13.9. The van der Waals surface area contributed by atoms with E-state index in [4.69, 9.17) is 4.74 Å². The average molecular weight is 784 g/mol. The Hall–Kier alpha value is -3.22. The van der Waals surface area contributed by atoms with E-state index in [1.54, 1.807) is 30.9 Å². The van der Waals surface area contributed by atoms with Gasteiger partial charge < -0.3 is 20.1 Å². The van der Waals surface area contributed by atoms with Crippen LogP contribution in [-0.4, -0.2) is 101 Å². The van der Waals surface area contributed by atoms with Gasteiger partial charge in [-0.25, -0.2) is 8.42 Å². The first-order valence-electron chi connectivity index (χ1n) is 19.7. The lowest BCUT2D eigenvalue weighted by atomic mass is 9.70. The van der Waals surface area contributed by atoms with Crippen LogP contribution in [0.4, 0.5) is 0 Å². The fourth-order valence-electron chi connectivity index (χ4n) is 7.66. The van der Waals surface area contributed by atoms with Gasteiger partial charge in [-0.15, -0.1) is 0 Å². The van der Waals surface area contributed by atoms with Crippen LogP contribution in [0, 0.1) is 41.4 Å². The van der Waals surface area contributed by atoms with Gasteiger partial charge in [-0.05, 0) is 56.4 Å². The fraction of sp³-hybridized carbons (Fsp3) is 0.614. The summed E-state index contributed by atoms with van der Waals surface area (Å²) in [7, 11) is -3.79. The summed E-state index contributed by atoms with van der Waals surface area (Å²) >= 11 is 0. The number of esters is 1. The van der Waals surface area contributed by atoms with Gasteiger partial charge in [0.1, 0.15) is 18.3 Å². The van der Waals surface area contributed by atoms with Crippen molar-refractivity contribution in [1.82, 2.24) is 4.90 Å². The maximum absolute atomic E-state index is 13.9. The van der Waals surface area contributed by atoms with E-state index in [-0.39, 0.29) is 36.3 Å². The largest absolute Gasteiger partial charge is 0.460 e. The van der Waals surface area contributed by atoms with Crippen molar-refractivity contribution in [1.29, 1.82) is 0 Å². The molecule has 1 saturated heterocycles. The lowest BCUT2D eigenvalue weighted by Gasteiger charge is -2.47. The quantitative estimate of drug-likeness (QED) is 0.110. The summed E-state index contributed by atoms with van der Waals surface area (Å²) < 4.78 is 32.3. The number of nitrogens with zero attached hydrogens (tertiary/aromatic N) is 1. The number of Topliss-reactive ketones (excluding diaryl/α,β-unsaturated/α-hetero) is 2. The third-order valence-electron chi connectivity index (χ3n) is 10.7. The van der Waals surface area contributed by atoms with Crippen molar-refractivity contribution in [2.75, 3.05) is 24.6 Å². The molecule has 0 aromatic rings. The van der Waals surface area contributed by atoms with Crippen molar-refractivity contribution in [2.45, 2.75) is 106 Å². The Morgan fingerprint density at radius 3 is 1.87 bits per heavy atom. The minimum absolute atomic E-state index is 0.0629. The van der Waals surface area contributed by atoms with E-state index in [0.717, 1.165) is 12.8 Å². The number of aliphatic hydroxyl groups excluding tert-OH is 3. The van der Waals surface area contributed by atoms with Gasteiger partial charge >= 0.3 is 5.97 Å². The van der Waals surface area contributed by atoms with Crippen LogP contribution in [0.5, 0.6) is 0 Å². The van der Waals surface area contributed by atoms with Gasteiger partial charge in [0, 0.05) is 31.5 Å². The zero-order chi connectivity index (χ0) is 41.2. The Labute approximate surface area is 329 Å².